The van der Waals surface area contributed by atoms with Crippen LogP contribution in [0.15, 0.2) is 18.6 Å². The van der Waals surface area contributed by atoms with Crippen LogP contribution in [0.25, 0.3) is 0 Å². The summed E-state index contributed by atoms with van der Waals surface area (Å²) in [6.45, 7) is 5.57. The van der Waals surface area contributed by atoms with Crippen molar-refractivity contribution in [1.82, 2.24) is 29.5 Å². The van der Waals surface area contributed by atoms with E-state index in [0.29, 0.717) is 5.56 Å². The van der Waals surface area contributed by atoms with E-state index < -0.39 is 0 Å². The largest absolute Gasteiger partial charge is 0.341 e. The lowest BCUT2D eigenvalue weighted by Crippen LogP contribution is -2.53. The van der Waals surface area contributed by atoms with E-state index in [9.17, 15) is 4.79 Å². The van der Waals surface area contributed by atoms with E-state index in [1.54, 1.807) is 6.20 Å². The highest BCUT2D eigenvalue weighted by molar-refractivity contribution is 5.96. The average Bonchev–Trinajstić information content (AvgIpc) is 3.00. The van der Waals surface area contributed by atoms with Gasteiger partial charge in [-0.2, -0.15) is 5.10 Å². The van der Waals surface area contributed by atoms with Gasteiger partial charge in [0.2, 0.25) is 0 Å². The van der Waals surface area contributed by atoms with Crippen molar-refractivity contribution in [2.45, 2.75) is 31.7 Å². The number of amides is 1. The van der Waals surface area contributed by atoms with E-state index in [0.717, 1.165) is 50.5 Å². The second-order valence-corrected chi connectivity index (χ2v) is 7.42. The molecule has 7 heteroatoms. The predicted octanol–water partition coefficient (Wildman–Crippen LogP) is 1.14. The Kier molecular flexibility index (Phi) is 3.83. The number of hydrogen-bond acceptors (Lipinski definition) is 5. The van der Waals surface area contributed by atoms with Crippen LogP contribution in [0.4, 0.5) is 0 Å². The summed E-state index contributed by atoms with van der Waals surface area (Å²) in [6.07, 6.45) is 7.73. The molecule has 0 aromatic carbocycles. The standard InChI is InChI=1S/C18H24N6O/c1-13-19-9-15-16(21-13)18(12-22(2)17(15)25)4-6-24(7-5-18)11-14-8-20-23(3)10-14/h8-10H,4-7,11-12H2,1-3H3. The molecule has 7 nitrogen and oxygen atoms in total. The molecular weight excluding hydrogens is 316 g/mol. The third-order valence-corrected chi connectivity index (χ3v) is 5.51. The molecule has 25 heavy (non-hydrogen) atoms. The monoisotopic (exact) mass is 340 g/mol. The Hall–Kier alpha value is -2.28. The van der Waals surface area contributed by atoms with Crippen LogP contribution in [-0.2, 0) is 19.0 Å². The number of aryl methyl sites for hydroxylation is 2. The fraction of sp³-hybridized carbons (Fsp3) is 0.556. The number of likely N-dealkylation sites (tertiary alicyclic amines) is 1. The second-order valence-electron chi connectivity index (χ2n) is 7.42. The van der Waals surface area contributed by atoms with Crippen LogP contribution >= 0.6 is 0 Å². The number of hydrogen-bond donors (Lipinski definition) is 0. The first-order valence-electron chi connectivity index (χ1n) is 8.76. The van der Waals surface area contributed by atoms with Gasteiger partial charge >= 0.3 is 0 Å². The fourth-order valence-corrected chi connectivity index (χ4v) is 4.18. The van der Waals surface area contributed by atoms with Crippen molar-refractivity contribution in [2.24, 2.45) is 7.05 Å². The predicted molar refractivity (Wildman–Crippen MR) is 93.1 cm³/mol. The molecule has 4 rings (SSSR count). The van der Waals surface area contributed by atoms with Crippen LogP contribution in [0.5, 0.6) is 0 Å². The quantitative estimate of drug-likeness (QED) is 0.820. The topological polar surface area (TPSA) is 67.2 Å². The average molecular weight is 340 g/mol. The van der Waals surface area contributed by atoms with Crippen LogP contribution in [-0.4, -0.2) is 62.1 Å². The fourth-order valence-electron chi connectivity index (χ4n) is 4.18. The Bertz CT molecular complexity index is 806. The highest BCUT2D eigenvalue weighted by Gasteiger charge is 2.45. The van der Waals surface area contributed by atoms with Gasteiger partial charge in [-0.1, -0.05) is 0 Å². The molecule has 0 aliphatic carbocycles. The van der Waals surface area contributed by atoms with Gasteiger partial charge in [0, 0.05) is 50.6 Å². The molecule has 1 amide bonds. The van der Waals surface area contributed by atoms with Crippen LogP contribution in [0.3, 0.4) is 0 Å². The number of fused-ring (bicyclic) bond motifs is 2. The van der Waals surface area contributed by atoms with Crippen molar-refractivity contribution in [3.05, 3.63) is 41.2 Å². The summed E-state index contributed by atoms with van der Waals surface area (Å²) in [7, 11) is 3.83. The molecule has 0 saturated carbocycles. The highest BCUT2D eigenvalue weighted by Crippen LogP contribution is 2.40. The summed E-state index contributed by atoms with van der Waals surface area (Å²) < 4.78 is 1.85. The van der Waals surface area contributed by atoms with Gasteiger partial charge in [0.15, 0.2) is 0 Å². The highest BCUT2D eigenvalue weighted by atomic mass is 16.2. The molecule has 1 spiro atoms. The Balaban J connectivity index is 1.56. The first kappa shape index (κ1) is 16.2. The van der Waals surface area contributed by atoms with Crippen molar-refractivity contribution in [3.8, 4) is 0 Å². The van der Waals surface area contributed by atoms with Crippen LogP contribution in [0.1, 0.15) is 40.3 Å². The molecule has 0 unspecified atom stereocenters. The molecule has 4 heterocycles. The summed E-state index contributed by atoms with van der Waals surface area (Å²) in [5.41, 5.74) is 2.84. The third-order valence-electron chi connectivity index (χ3n) is 5.51. The minimum Gasteiger partial charge on any atom is -0.341 e. The van der Waals surface area contributed by atoms with E-state index >= 15 is 0 Å². The zero-order valence-corrected chi connectivity index (χ0v) is 15.1. The van der Waals surface area contributed by atoms with Gasteiger partial charge in [0.1, 0.15) is 5.82 Å². The summed E-state index contributed by atoms with van der Waals surface area (Å²) in [5, 5.41) is 4.25. The van der Waals surface area contributed by atoms with Gasteiger partial charge in [-0.05, 0) is 32.9 Å². The molecular formula is C18H24N6O. The Labute approximate surface area is 147 Å². The molecule has 2 aliphatic heterocycles. The zero-order chi connectivity index (χ0) is 17.6. The Morgan fingerprint density at radius 1 is 1.20 bits per heavy atom. The Morgan fingerprint density at radius 2 is 1.96 bits per heavy atom. The molecule has 132 valence electrons. The normalized spacial score (nSPS) is 20.1. The van der Waals surface area contributed by atoms with E-state index in [4.69, 9.17) is 4.98 Å². The number of nitrogens with zero attached hydrogens (tertiary/aromatic N) is 6. The lowest BCUT2D eigenvalue weighted by atomic mass is 9.71. The number of piperidine rings is 1. The summed E-state index contributed by atoms with van der Waals surface area (Å²) in [4.78, 5) is 25.7. The van der Waals surface area contributed by atoms with Crippen molar-refractivity contribution in [3.63, 3.8) is 0 Å². The Morgan fingerprint density at radius 3 is 2.64 bits per heavy atom. The lowest BCUT2D eigenvalue weighted by molar-refractivity contribution is 0.0623. The SMILES string of the molecule is Cc1ncc2c(n1)C1(CCN(Cc3cnn(C)c3)CC1)CN(C)C2=O. The molecule has 1 fully saturated rings. The van der Waals surface area contributed by atoms with Crippen molar-refractivity contribution in [1.29, 1.82) is 0 Å². The molecule has 1 saturated heterocycles. The van der Waals surface area contributed by atoms with Crippen molar-refractivity contribution < 1.29 is 4.79 Å². The zero-order valence-electron chi connectivity index (χ0n) is 15.1. The maximum Gasteiger partial charge on any atom is 0.257 e. The summed E-state index contributed by atoms with van der Waals surface area (Å²) in [5.74, 6) is 0.784. The van der Waals surface area contributed by atoms with E-state index in [1.165, 1.54) is 5.56 Å². The summed E-state index contributed by atoms with van der Waals surface area (Å²) >= 11 is 0. The number of carbonyl (C=O) groups is 1. The molecule has 2 aromatic rings. The van der Waals surface area contributed by atoms with E-state index in [1.807, 2.05) is 36.8 Å². The van der Waals surface area contributed by atoms with Gasteiger partial charge < -0.3 is 4.90 Å². The summed E-state index contributed by atoms with van der Waals surface area (Å²) in [6, 6.07) is 0. The van der Waals surface area contributed by atoms with Crippen LogP contribution < -0.4 is 0 Å². The lowest BCUT2D eigenvalue weighted by Gasteiger charge is -2.46. The van der Waals surface area contributed by atoms with Gasteiger partial charge in [0.05, 0.1) is 17.5 Å². The number of likely N-dealkylation sites (N-methyl/N-ethyl adjacent to an activating group) is 1. The molecule has 2 aromatic heterocycles. The molecule has 0 N–H and O–H groups in total. The van der Waals surface area contributed by atoms with E-state index in [-0.39, 0.29) is 11.3 Å². The van der Waals surface area contributed by atoms with Gasteiger partial charge in [-0.15, -0.1) is 0 Å². The maximum absolute atomic E-state index is 12.5. The maximum atomic E-state index is 12.5. The van der Waals surface area contributed by atoms with Crippen molar-refractivity contribution >= 4 is 5.91 Å². The molecule has 0 bridgehead atoms. The van der Waals surface area contributed by atoms with Crippen molar-refractivity contribution in [2.75, 3.05) is 26.7 Å². The number of rotatable bonds is 2. The van der Waals surface area contributed by atoms with Gasteiger partial charge in [-0.25, -0.2) is 9.97 Å². The third kappa shape index (κ3) is 2.82. The minimum absolute atomic E-state index is 0.0402. The first-order valence-corrected chi connectivity index (χ1v) is 8.76. The number of carbonyl (C=O) groups excluding carboxylic acids is 1. The van der Waals surface area contributed by atoms with Crippen LogP contribution in [0, 0.1) is 6.92 Å². The van der Waals surface area contributed by atoms with E-state index in [2.05, 4.69) is 21.2 Å². The number of aromatic nitrogens is 4. The van der Waals surface area contributed by atoms with Gasteiger partial charge in [0.25, 0.3) is 5.91 Å². The molecule has 0 atom stereocenters. The van der Waals surface area contributed by atoms with Gasteiger partial charge in [-0.3, -0.25) is 14.4 Å². The molecule has 2 aliphatic rings. The smallest absolute Gasteiger partial charge is 0.257 e. The first-order chi connectivity index (χ1) is 12.0. The molecule has 0 radical (unpaired) electrons. The second kappa shape index (κ2) is 5.91. The minimum atomic E-state index is -0.0445. The van der Waals surface area contributed by atoms with Crippen LogP contribution in [0.2, 0.25) is 0 Å².